The molecule has 0 bridgehead atoms. The first-order chi connectivity index (χ1) is 27.5. The highest BCUT2D eigenvalue weighted by molar-refractivity contribution is 7.47. The van der Waals surface area contributed by atoms with Crippen LogP contribution in [0.2, 0.25) is 0 Å². The Labute approximate surface area is 343 Å². The second-order valence-corrected chi connectivity index (χ2v) is 15.8. The highest BCUT2D eigenvalue weighted by Gasteiger charge is 2.28. The van der Waals surface area contributed by atoms with Gasteiger partial charge in [-0.25, -0.2) is 4.57 Å². The maximum Gasteiger partial charge on any atom is 0.472 e. The Hall–Kier alpha value is -2.86. The van der Waals surface area contributed by atoms with Crippen molar-refractivity contribution in [2.75, 3.05) is 19.8 Å². The number of hydrogen-bond acceptors (Lipinski definition) is 10. The third-order valence-electron chi connectivity index (χ3n) is 8.82. The summed E-state index contributed by atoms with van der Waals surface area (Å²) in [4.78, 5) is 45.9. The van der Waals surface area contributed by atoms with Crippen LogP contribution in [0.3, 0.4) is 0 Å². The van der Waals surface area contributed by atoms with Gasteiger partial charge in [0.15, 0.2) is 6.10 Å². The molecule has 12 nitrogen and oxygen atoms in total. The van der Waals surface area contributed by atoms with Gasteiger partial charge in [-0.15, -0.1) is 0 Å². The van der Waals surface area contributed by atoms with Crippen molar-refractivity contribution >= 4 is 25.7 Å². The number of aliphatic hydroxyl groups is 1. The first kappa shape index (κ1) is 54.1. The molecule has 0 radical (unpaired) electrons. The summed E-state index contributed by atoms with van der Waals surface area (Å²) in [5.74, 6) is -2.54. The summed E-state index contributed by atoms with van der Waals surface area (Å²) >= 11 is 0. The van der Waals surface area contributed by atoms with Crippen LogP contribution in [0.15, 0.2) is 60.8 Å². The van der Waals surface area contributed by atoms with Gasteiger partial charge in [0.1, 0.15) is 12.6 Å². The quantitative estimate of drug-likeness (QED) is 0.0151. The summed E-state index contributed by atoms with van der Waals surface area (Å²) in [5.41, 5.74) is 5.32. The Morgan fingerprint density at radius 2 is 1.16 bits per heavy atom. The van der Waals surface area contributed by atoms with Gasteiger partial charge in [-0.2, -0.15) is 0 Å². The van der Waals surface area contributed by atoms with E-state index < -0.39 is 63.8 Å². The average Bonchev–Trinajstić information content (AvgIpc) is 3.18. The molecule has 13 heteroatoms. The summed E-state index contributed by atoms with van der Waals surface area (Å²) in [7, 11) is -4.76. The summed E-state index contributed by atoms with van der Waals surface area (Å²) in [6, 6.07) is -1.55. The number of nitrogens with two attached hydrogens (primary N) is 1. The van der Waals surface area contributed by atoms with Gasteiger partial charge >= 0.3 is 25.7 Å². The molecule has 0 rings (SSSR count). The minimum absolute atomic E-state index is 0.0225. The number of carboxylic acids is 1. The molecule has 0 saturated heterocycles. The predicted molar refractivity (Wildman–Crippen MR) is 227 cm³/mol. The molecule has 0 fully saturated rings. The fourth-order valence-electron chi connectivity index (χ4n) is 5.37. The van der Waals surface area contributed by atoms with Gasteiger partial charge in [0.2, 0.25) is 0 Å². The minimum Gasteiger partial charge on any atom is -0.480 e. The Morgan fingerprint density at radius 1 is 0.632 bits per heavy atom. The molecule has 5 N–H and O–H groups in total. The fourth-order valence-corrected chi connectivity index (χ4v) is 6.14. The molecule has 328 valence electrons. The van der Waals surface area contributed by atoms with Crippen molar-refractivity contribution in [2.45, 2.75) is 180 Å². The predicted octanol–water partition coefficient (Wildman–Crippen LogP) is 10.1. The van der Waals surface area contributed by atoms with E-state index in [9.17, 15) is 28.9 Å². The molecule has 0 spiro atoms. The Bertz CT molecular complexity index is 1220. The number of allylic oxidation sites excluding steroid dienone is 8. The van der Waals surface area contributed by atoms with E-state index in [0.717, 1.165) is 51.4 Å². The molecule has 0 aromatic carbocycles. The number of carbonyl (C=O) groups excluding carboxylic acids is 2. The number of carboxylic acid groups (broad SMARTS) is 1. The van der Waals surface area contributed by atoms with E-state index in [0.29, 0.717) is 25.7 Å². The van der Waals surface area contributed by atoms with Crippen molar-refractivity contribution in [3.05, 3.63) is 60.8 Å². The molecule has 57 heavy (non-hydrogen) atoms. The maximum absolute atomic E-state index is 12.6. The molecule has 2 unspecified atom stereocenters. The van der Waals surface area contributed by atoms with Crippen LogP contribution in [0.5, 0.6) is 0 Å². The second-order valence-electron chi connectivity index (χ2n) is 14.3. The minimum atomic E-state index is -4.76. The molecule has 0 aliphatic rings. The van der Waals surface area contributed by atoms with E-state index in [4.69, 9.17) is 24.8 Å². The molecule has 0 heterocycles. The Kier molecular flexibility index (Phi) is 36.7. The van der Waals surface area contributed by atoms with Crippen LogP contribution in [0, 0.1) is 0 Å². The number of ether oxygens (including phenoxy) is 2. The van der Waals surface area contributed by atoms with Crippen LogP contribution >= 0.6 is 7.82 Å². The maximum atomic E-state index is 12.6. The summed E-state index contributed by atoms with van der Waals surface area (Å²) < 4.78 is 32.5. The van der Waals surface area contributed by atoms with Gasteiger partial charge in [-0.3, -0.25) is 23.4 Å². The fraction of sp³-hybridized carbons (Fsp3) is 0.705. The topological polar surface area (TPSA) is 192 Å². The zero-order valence-electron chi connectivity index (χ0n) is 35.0. The number of esters is 2. The monoisotopic (exact) mass is 826 g/mol. The lowest BCUT2D eigenvalue weighted by molar-refractivity contribution is -0.161. The molecule has 0 aliphatic carbocycles. The van der Waals surface area contributed by atoms with Crippen LogP contribution < -0.4 is 5.73 Å². The van der Waals surface area contributed by atoms with E-state index in [1.807, 2.05) is 18.2 Å². The van der Waals surface area contributed by atoms with Gasteiger partial charge in [-0.05, 0) is 70.6 Å². The summed E-state index contributed by atoms with van der Waals surface area (Å²) in [6.07, 6.45) is 40.3. The number of phosphoric acid groups is 1. The van der Waals surface area contributed by atoms with Crippen LogP contribution in [-0.4, -0.2) is 71.1 Å². The highest BCUT2D eigenvalue weighted by atomic mass is 31.2. The van der Waals surface area contributed by atoms with Crippen LogP contribution in [-0.2, 0) is 37.5 Å². The highest BCUT2D eigenvalue weighted by Crippen LogP contribution is 2.43. The lowest BCUT2D eigenvalue weighted by Crippen LogP contribution is -2.34. The summed E-state index contributed by atoms with van der Waals surface area (Å²) in [5, 5.41) is 19.0. The van der Waals surface area contributed by atoms with Crippen LogP contribution in [0.1, 0.15) is 162 Å². The number of phosphoric ester groups is 1. The second kappa shape index (κ2) is 38.6. The number of aliphatic carboxylic acids is 1. The van der Waals surface area contributed by atoms with Gasteiger partial charge in [0, 0.05) is 12.8 Å². The zero-order valence-corrected chi connectivity index (χ0v) is 35.9. The third-order valence-corrected chi connectivity index (χ3v) is 9.77. The SMILES string of the molecule is CCCCC/C=C\C/C=C\CC(O)/C=C\C=C\CCCC(=O)O[C@H](COC(=O)CCCCCCC/C=C\CCCCCCCC)COP(=O)(O)OC[C@H](N)C(=O)O. The Morgan fingerprint density at radius 3 is 1.82 bits per heavy atom. The smallest absolute Gasteiger partial charge is 0.472 e. The van der Waals surface area contributed by atoms with Crippen molar-refractivity contribution in [3.8, 4) is 0 Å². The number of carbonyl (C=O) groups is 3. The lowest BCUT2D eigenvalue weighted by Gasteiger charge is -2.20. The first-order valence-corrected chi connectivity index (χ1v) is 22.9. The number of aliphatic hydroxyl groups excluding tert-OH is 1. The molecule has 0 saturated carbocycles. The zero-order chi connectivity index (χ0) is 42.2. The van der Waals surface area contributed by atoms with Crippen molar-refractivity contribution in [1.29, 1.82) is 0 Å². The molecule has 0 amide bonds. The largest absolute Gasteiger partial charge is 0.480 e. The Balaban J connectivity index is 4.59. The van der Waals surface area contributed by atoms with Gasteiger partial charge in [-0.1, -0.05) is 139 Å². The van der Waals surface area contributed by atoms with E-state index in [1.54, 1.807) is 18.2 Å². The lowest BCUT2D eigenvalue weighted by atomic mass is 10.1. The van der Waals surface area contributed by atoms with E-state index in [2.05, 4.69) is 42.7 Å². The third kappa shape index (κ3) is 38.4. The van der Waals surface area contributed by atoms with Crippen molar-refractivity contribution in [1.82, 2.24) is 0 Å². The first-order valence-electron chi connectivity index (χ1n) is 21.4. The van der Waals surface area contributed by atoms with E-state index in [1.165, 1.54) is 57.8 Å². The van der Waals surface area contributed by atoms with Gasteiger partial charge < -0.3 is 30.3 Å². The number of rotatable bonds is 39. The molecular weight excluding hydrogens is 749 g/mol. The van der Waals surface area contributed by atoms with E-state index in [-0.39, 0.29) is 12.8 Å². The van der Waals surface area contributed by atoms with Crippen molar-refractivity contribution in [3.63, 3.8) is 0 Å². The molecule has 4 atom stereocenters. The number of unbranched alkanes of at least 4 members (excludes halogenated alkanes) is 15. The van der Waals surface area contributed by atoms with Gasteiger partial charge in [0.25, 0.3) is 0 Å². The molecule has 0 aliphatic heterocycles. The molecule has 0 aromatic heterocycles. The van der Waals surface area contributed by atoms with Gasteiger partial charge in [0.05, 0.1) is 19.3 Å². The van der Waals surface area contributed by atoms with E-state index >= 15 is 0 Å². The summed E-state index contributed by atoms with van der Waals surface area (Å²) in [6.45, 7) is 2.60. The van der Waals surface area contributed by atoms with Crippen molar-refractivity contribution in [2.24, 2.45) is 5.73 Å². The van der Waals surface area contributed by atoms with Crippen molar-refractivity contribution < 1.29 is 52.6 Å². The molecule has 0 aromatic rings. The normalized spacial score (nSPS) is 14.9. The standard InChI is InChI=1S/C44H76NO11P/c1-3-5-7-9-11-13-14-15-16-17-18-20-22-26-30-34-42(47)53-36-40(37-54-57(51,52)55-38-41(45)44(49)50)56-43(48)35-31-27-23-25-29-33-39(46)32-28-24-21-19-12-10-8-6-4-2/h12,15-16,19,23-25,28-29,33,39-41,46H,3-11,13-14,17-18,20-22,26-27,30-32,34-38,45H2,1-2H3,(H,49,50)(H,51,52)/b16-15-,19-12-,25-23+,28-24-,33-29-/t39?,40-,41+/m1/s1. The number of hydrogen-bond donors (Lipinski definition) is 4. The molecular formula is C44H76NO11P. The average molecular weight is 826 g/mol. The van der Waals surface area contributed by atoms with Crippen LogP contribution in [0.4, 0.5) is 0 Å². The van der Waals surface area contributed by atoms with Crippen LogP contribution in [0.25, 0.3) is 0 Å².